The number of hydrogen-bond acceptors (Lipinski definition) is 4. The van der Waals surface area contributed by atoms with Crippen LogP contribution < -0.4 is 10.6 Å². The van der Waals surface area contributed by atoms with Crippen LogP contribution in [0, 0.1) is 5.41 Å². The molecule has 20 heavy (non-hydrogen) atoms. The fourth-order valence-electron chi connectivity index (χ4n) is 2.80. The molecule has 0 saturated heterocycles. The maximum absolute atomic E-state index is 7.84. The van der Waals surface area contributed by atoms with Crippen molar-refractivity contribution >= 4 is 23.4 Å². The van der Waals surface area contributed by atoms with Crippen molar-refractivity contribution in [2.45, 2.75) is 38.6 Å². The van der Waals surface area contributed by atoms with Crippen molar-refractivity contribution in [1.82, 2.24) is 4.98 Å². The van der Waals surface area contributed by atoms with Crippen LogP contribution in [0.5, 0.6) is 0 Å². The zero-order valence-electron chi connectivity index (χ0n) is 12.6. The maximum Gasteiger partial charge on any atom is 0.139 e. The van der Waals surface area contributed by atoms with E-state index in [-0.39, 0.29) is 5.84 Å². The number of pyridine rings is 1. The number of nitrogens with one attached hydrogen (secondary N) is 1. The van der Waals surface area contributed by atoms with Crippen LogP contribution in [0.15, 0.2) is 6.07 Å². The van der Waals surface area contributed by atoms with Gasteiger partial charge >= 0.3 is 0 Å². The molecule has 0 aliphatic heterocycles. The molecule has 0 bridgehead atoms. The third-order valence-corrected chi connectivity index (χ3v) is 4.75. The number of amidine groups is 1. The second-order valence-electron chi connectivity index (χ2n) is 5.36. The van der Waals surface area contributed by atoms with E-state index in [1.54, 1.807) is 0 Å². The van der Waals surface area contributed by atoms with Gasteiger partial charge in [0.05, 0.1) is 5.56 Å². The maximum atomic E-state index is 7.84. The van der Waals surface area contributed by atoms with E-state index in [1.165, 1.54) is 11.3 Å². The minimum absolute atomic E-state index is 0.119. The number of nitrogen functional groups attached to an aromatic ring is 1. The lowest BCUT2D eigenvalue weighted by Crippen LogP contribution is -2.35. The van der Waals surface area contributed by atoms with Crippen LogP contribution >= 0.6 is 11.8 Å². The molecule has 4 nitrogen and oxygen atoms in total. The molecular formula is C15H24N4S. The largest absolute Gasteiger partial charge is 0.384 e. The number of nitrogens with zero attached hydrogens (tertiary/aromatic N) is 2. The Bertz CT molecular complexity index is 501. The van der Waals surface area contributed by atoms with Crippen LogP contribution in [0.4, 0.5) is 5.82 Å². The summed E-state index contributed by atoms with van der Waals surface area (Å²) in [5.74, 6) is 2.05. The van der Waals surface area contributed by atoms with E-state index in [1.807, 2.05) is 11.8 Å². The molecule has 2 rings (SSSR count). The highest BCUT2D eigenvalue weighted by Gasteiger charge is 2.22. The van der Waals surface area contributed by atoms with Crippen molar-refractivity contribution in [3.63, 3.8) is 0 Å². The molecule has 0 radical (unpaired) electrons. The van der Waals surface area contributed by atoms with Crippen molar-refractivity contribution in [3.8, 4) is 0 Å². The predicted molar refractivity (Wildman–Crippen MR) is 88.1 cm³/mol. The number of hydrogen-bond donors (Lipinski definition) is 2. The van der Waals surface area contributed by atoms with E-state index in [4.69, 9.17) is 16.1 Å². The molecule has 5 heteroatoms. The molecule has 0 amide bonds. The Hall–Kier alpha value is -1.23. The van der Waals surface area contributed by atoms with Gasteiger partial charge in [-0.3, -0.25) is 5.41 Å². The highest BCUT2D eigenvalue weighted by Crippen LogP contribution is 2.28. The van der Waals surface area contributed by atoms with Gasteiger partial charge in [0.1, 0.15) is 11.7 Å². The number of thioether (sulfide) groups is 1. The lowest BCUT2D eigenvalue weighted by atomic mass is 10.1. The van der Waals surface area contributed by atoms with Crippen molar-refractivity contribution in [2.75, 3.05) is 24.0 Å². The van der Waals surface area contributed by atoms with E-state index < -0.39 is 0 Å². The SMILES string of the molecule is CCC(CSC)N(C)c1nc2c(cc1C(=N)N)CCC2. The highest BCUT2D eigenvalue weighted by molar-refractivity contribution is 7.98. The standard InChI is InChI=1S/C15H24N4S/c1-4-11(9-20-3)19(2)15-12(14(16)17)8-10-6-5-7-13(10)18-15/h8,11H,4-7,9H2,1-3H3,(H3,16,17). The zero-order valence-corrected chi connectivity index (χ0v) is 13.4. The van der Waals surface area contributed by atoms with Gasteiger partial charge in [0.25, 0.3) is 0 Å². The van der Waals surface area contributed by atoms with Gasteiger partial charge in [0, 0.05) is 24.5 Å². The van der Waals surface area contributed by atoms with E-state index in [9.17, 15) is 0 Å². The van der Waals surface area contributed by atoms with Crippen molar-refractivity contribution < 1.29 is 0 Å². The first kappa shape index (κ1) is 15.2. The molecule has 0 aromatic carbocycles. The number of aromatic nitrogens is 1. The molecule has 1 aliphatic carbocycles. The van der Waals surface area contributed by atoms with E-state index in [0.29, 0.717) is 6.04 Å². The Morgan fingerprint density at radius 1 is 1.55 bits per heavy atom. The quantitative estimate of drug-likeness (QED) is 0.624. The summed E-state index contributed by atoms with van der Waals surface area (Å²) < 4.78 is 0. The smallest absolute Gasteiger partial charge is 0.139 e. The molecular weight excluding hydrogens is 268 g/mol. The van der Waals surface area contributed by atoms with Gasteiger partial charge in [-0.05, 0) is 43.6 Å². The monoisotopic (exact) mass is 292 g/mol. The van der Waals surface area contributed by atoms with Gasteiger partial charge in [-0.25, -0.2) is 4.98 Å². The van der Waals surface area contributed by atoms with Crippen LogP contribution in [0.2, 0.25) is 0 Å². The molecule has 0 fully saturated rings. The summed E-state index contributed by atoms with van der Waals surface area (Å²) in [5.41, 5.74) is 9.02. The molecule has 1 aromatic rings. The number of rotatable bonds is 6. The number of fused-ring (bicyclic) bond motifs is 1. The van der Waals surface area contributed by atoms with Crippen LogP contribution in [-0.2, 0) is 12.8 Å². The first-order valence-electron chi connectivity index (χ1n) is 7.17. The topological polar surface area (TPSA) is 66.0 Å². The van der Waals surface area contributed by atoms with Gasteiger partial charge in [-0.15, -0.1) is 0 Å². The van der Waals surface area contributed by atoms with Crippen molar-refractivity contribution in [2.24, 2.45) is 5.73 Å². The fourth-order valence-corrected chi connectivity index (χ4v) is 3.64. The van der Waals surface area contributed by atoms with Crippen LogP contribution in [0.3, 0.4) is 0 Å². The number of anilines is 1. The van der Waals surface area contributed by atoms with E-state index in [2.05, 4.69) is 31.2 Å². The van der Waals surface area contributed by atoms with Gasteiger partial charge < -0.3 is 10.6 Å². The van der Waals surface area contributed by atoms with Crippen molar-refractivity contribution in [3.05, 3.63) is 22.9 Å². The fraction of sp³-hybridized carbons (Fsp3) is 0.600. The van der Waals surface area contributed by atoms with Gasteiger partial charge in [0.15, 0.2) is 0 Å². The van der Waals surface area contributed by atoms with Crippen molar-refractivity contribution in [1.29, 1.82) is 5.41 Å². The summed E-state index contributed by atoms with van der Waals surface area (Å²) in [6.45, 7) is 2.19. The Balaban J connectivity index is 2.41. The summed E-state index contributed by atoms with van der Waals surface area (Å²) in [4.78, 5) is 7.02. The average Bonchev–Trinajstić information content (AvgIpc) is 2.89. The molecule has 1 aliphatic rings. The first-order chi connectivity index (χ1) is 9.58. The minimum Gasteiger partial charge on any atom is -0.384 e. The molecule has 1 unspecified atom stereocenters. The lowest BCUT2D eigenvalue weighted by Gasteiger charge is -2.29. The summed E-state index contributed by atoms with van der Waals surface area (Å²) in [5, 5.41) is 7.84. The second kappa shape index (κ2) is 6.48. The summed E-state index contributed by atoms with van der Waals surface area (Å²) in [6, 6.07) is 2.50. The summed E-state index contributed by atoms with van der Waals surface area (Å²) in [7, 11) is 2.07. The van der Waals surface area contributed by atoms with Crippen LogP contribution in [0.1, 0.15) is 36.6 Å². The van der Waals surface area contributed by atoms with Crippen LogP contribution in [0.25, 0.3) is 0 Å². The summed E-state index contributed by atoms with van der Waals surface area (Å²) in [6.07, 6.45) is 6.46. The van der Waals surface area contributed by atoms with Gasteiger partial charge in [-0.1, -0.05) is 6.92 Å². The van der Waals surface area contributed by atoms with E-state index in [0.717, 1.165) is 42.8 Å². The predicted octanol–water partition coefficient (Wildman–Crippen LogP) is 2.43. The van der Waals surface area contributed by atoms with Crippen LogP contribution in [-0.4, -0.2) is 35.9 Å². The third-order valence-electron chi connectivity index (χ3n) is 4.03. The van der Waals surface area contributed by atoms with Gasteiger partial charge in [-0.2, -0.15) is 11.8 Å². The molecule has 1 heterocycles. The zero-order chi connectivity index (χ0) is 14.7. The molecule has 0 saturated carbocycles. The van der Waals surface area contributed by atoms with Gasteiger partial charge in [0.2, 0.25) is 0 Å². The normalized spacial score (nSPS) is 14.9. The van der Waals surface area contributed by atoms with E-state index >= 15 is 0 Å². The third kappa shape index (κ3) is 2.92. The minimum atomic E-state index is 0.119. The first-order valence-corrected chi connectivity index (χ1v) is 8.56. The Kier molecular flexibility index (Phi) is 4.91. The number of nitrogens with two attached hydrogens (primary N) is 1. The Labute approximate surface area is 125 Å². The Morgan fingerprint density at radius 3 is 2.90 bits per heavy atom. The molecule has 1 atom stereocenters. The highest BCUT2D eigenvalue weighted by atomic mass is 32.2. The molecule has 3 N–H and O–H groups in total. The number of aryl methyl sites for hydroxylation is 2. The second-order valence-corrected chi connectivity index (χ2v) is 6.27. The lowest BCUT2D eigenvalue weighted by molar-refractivity contribution is 0.664. The average molecular weight is 292 g/mol. The Morgan fingerprint density at radius 2 is 2.30 bits per heavy atom. The summed E-state index contributed by atoms with van der Waals surface area (Å²) >= 11 is 1.84. The molecule has 0 spiro atoms. The molecule has 1 aromatic heterocycles. The molecule has 110 valence electrons.